The summed E-state index contributed by atoms with van der Waals surface area (Å²) in [6.07, 6.45) is 0. The van der Waals surface area contributed by atoms with E-state index in [9.17, 15) is 0 Å². The van der Waals surface area contributed by atoms with Crippen LogP contribution in [-0.2, 0) is 7.05 Å². The van der Waals surface area contributed by atoms with Crippen molar-refractivity contribution < 1.29 is 14.2 Å². The van der Waals surface area contributed by atoms with E-state index >= 15 is 0 Å². The lowest BCUT2D eigenvalue weighted by Crippen LogP contribution is -2.03. The molecule has 0 aliphatic heterocycles. The summed E-state index contributed by atoms with van der Waals surface area (Å²) in [4.78, 5) is 4.86. The number of hydrogen-bond donors (Lipinski definition) is 1. The van der Waals surface area contributed by atoms with E-state index in [4.69, 9.17) is 19.2 Å². The van der Waals surface area contributed by atoms with Crippen molar-refractivity contribution in [2.45, 2.75) is 13.8 Å². The first-order chi connectivity index (χ1) is 15.0. The second-order valence-corrected chi connectivity index (χ2v) is 7.49. The van der Waals surface area contributed by atoms with Gasteiger partial charge in [0.05, 0.1) is 43.6 Å². The van der Waals surface area contributed by atoms with Gasteiger partial charge in [0.25, 0.3) is 0 Å². The van der Waals surface area contributed by atoms with Crippen molar-refractivity contribution in [1.82, 2.24) is 9.55 Å². The quantitative estimate of drug-likeness (QED) is 0.441. The minimum Gasteiger partial charge on any atom is -0.496 e. The van der Waals surface area contributed by atoms with E-state index in [1.165, 1.54) is 0 Å². The smallest absolute Gasteiger partial charge is 0.208 e. The average molecular weight is 418 g/mol. The average Bonchev–Trinajstić information content (AvgIpc) is 3.10. The molecule has 0 saturated carbocycles. The van der Waals surface area contributed by atoms with Gasteiger partial charge in [-0.3, -0.25) is 0 Å². The van der Waals surface area contributed by atoms with Gasteiger partial charge in [0.15, 0.2) is 0 Å². The van der Waals surface area contributed by atoms with Gasteiger partial charge < -0.3 is 24.1 Å². The van der Waals surface area contributed by atoms with Gasteiger partial charge >= 0.3 is 0 Å². The number of nitrogens with one attached hydrogen (secondary N) is 1. The molecule has 0 fully saturated rings. The molecule has 1 aromatic heterocycles. The molecule has 31 heavy (non-hydrogen) atoms. The lowest BCUT2D eigenvalue weighted by Gasteiger charge is -2.16. The molecule has 0 amide bonds. The number of nitrogens with zero attached hydrogens (tertiary/aromatic N) is 2. The lowest BCUT2D eigenvalue weighted by atomic mass is 10.0. The van der Waals surface area contributed by atoms with E-state index in [0.29, 0.717) is 0 Å². The van der Waals surface area contributed by atoms with Crippen LogP contribution in [0.15, 0.2) is 48.5 Å². The third-order valence-electron chi connectivity index (χ3n) is 5.49. The van der Waals surface area contributed by atoms with E-state index in [1.807, 2.05) is 43.4 Å². The third kappa shape index (κ3) is 3.54. The Morgan fingerprint density at radius 3 is 2.13 bits per heavy atom. The molecular weight excluding hydrogens is 390 g/mol. The van der Waals surface area contributed by atoms with Crippen LogP contribution in [0.3, 0.4) is 0 Å². The zero-order valence-corrected chi connectivity index (χ0v) is 18.7. The van der Waals surface area contributed by atoms with Crippen molar-refractivity contribution in [3.05, 3.63) is 59.7 Å². The molecule has 0 unspecified atom stereocenters. The Balaban J connectivity index is 1.91. The Kier molecular flexibility index (Phi) is 5.46. The molecule has 0 spiro atoms. The number of imidazole rings is 1. The third-order valence-corrected chi connectivity index (χ3v) is 5.49. The van der Waals surface area contributed by atoms with E-state index in [2.05, 4.69) is 35.9 Å². The molecule has 4 rings (SSSR count). The number of hydrogen-bond acceptors (Lipinski definition) is 5. The molecule has 0 radical (unpaired) electrons. The van der Waals surface area contributed by atoms with E-state index < -0.39 is 0 Å². The molecule has 3 aromatic carbocycles. The summed E-state index contributed by atoms with van der Waals surface area (Å²) in [7, 11) is 7.02. The Morgan fingerprint density at radius 1 is 0.839 bits per heavy atom. The van der Waals surface area contributed by atoms with Crippen LogP contribution in [0.25, 0.3) is 22.2 Å². The largest absolute Gasteiger partial charge is 0.496 e. The van der Waals surface area contributed by atoms with Gasteiger partial charge in [0.1, 0.15) is 17.2 Å². The topological polar surface area (TPSA) is 57.5 Å². The monoisotopic (exact) mass is 417 g/mol. The molecule has 160 valence electrons. The van der Waals surface area contributed by atoms with Crippen molar-refractivity contribution in [2.24, 2.45) is 7.05 Å². The van der Waals surface area contributed by atoms with Crippen molar-refractivity contribution in [1.29, 1.82) is 0 Å². The summed E-state index contributed by atoms with van der Waals surface area (Å²) < 4.78 is 19.0. The second kappa shape index (κ2) is 8.22. The van der Waals surface area contributed by atoms with Crippen LogP contribution in [0.2, 0.25) is 0 Å². The zero-order chi connectivity index (χ0) is 22.1. The van der Waals surface area contributed by atoms with Crippen LogP contribution >= 0.6 is 0 Å². The highest BCUT2D eigenvalue weighted by Gasteiger charge is 2.20. The Labute approximate surface area is 182 Å². The molecule has 0 aliphatic carbocycles. The predicted molar refractivity (Wildman–Crippen MR) is 125 cm³/mol. The summed E-state index contributed by atoms with van der Waals surface area (Å²) in [5.41, 5.74) is 6.89. The summed E-state index contributed by atoms with van der Waals surface area (Å²) >= 11 is 0. The van der Waals surface area contributed by atoms with Crippen LogP contribution < -0.4 is 19.5 Å². The van der Waals surface area contributed by atoms with Crippen molar-refractivity contribution in [3.8, 4) is 28.4 Å². The van der Waals surface area contributed by atoms with Gasteiger partial charge in [0, 0.05) is 12.6 Å². The number of para-hydroxylation sites is 1. The highest BCUT2D eigenvalue weighted by molar-refractivity contribution is 5.97. The molecule has 0 bridgehead atoms. The van der Waals surface area contributed by atoms with Crippen molar-refractivity contribution in [2.75, 3.05) is 26.6 Å². The number of fused-ring (bicyclic) bond motifs is 1. The normalized spacial score (nSPS) is 10.9. The Hall–Kier alpha value is -3.67. The minimum absolute atomic E-state index is 0.724. The fraction of sp³-hybridized carbons (Fsp3) is 0.240. The molecule has 0 saturated heterocycles. The van der Waals surface area contributed by atoms with Gasteiger partial charge in [-0.05, 0) is 49.2 Å². The Morgan fingerprint density at radius 2 is 1.48 bits per heavy atom. The first kappa shape index (κ1) is 20.6. The predicted octanol–water partition coefficient (Wildman–Crippen LogP) is 5.63. The highest BCUT2D eigenvalue weighted by atomic mass is 16.5. The van der Waals surface area contributed by atoms with E-state index in [-0.39, 0.29) is 0 Å². The fourth-order valence-electron chi connectivity index (χ4n) is 4.06. The van der Waals surface area contributed by atoms with Gasteiger partial charge in [-0.15, -0.1) is 0 Å². The number of anilines is 2. The first-order valence-corrected chi connectivity index (χ1v) is 10.1. The molecule has 0 atom stereocenters. The molecule has 0 aliphatic rings. The summed E-state index contributed by atoms with van der Waals surface area (Å²) in [5, 5.41) is 3.48. The van der Waals surface area contributed by atoms with E-state index in [0.717, 1.165) is 62.2 Å². The summed E-state index contributed by atoms with van der Waals surface area (Å²) in [6.45, 7) is 4.12. The number of aromatic nitrogens is 2. The van der Waals surface area contributed by atoms with E-state index in [1.54, 1.807) is 21.3 Å². The molecule has 1 heterocycles. The SMILES string of the molecule is COc1cc(C)cc(C)c1Nc1nc2cccc(-c3c(OC)cccc3OC)c2n1C. The number of ether oxygens (including phenoxy) is 3. The number of aryl methyl sites for hydroxylation is 3. The Bertz CT molecular complexity index is 1240. The standard InChI is InChI=1S/C25H27N3O3/c1-15-13-16(2)23(21(14-15)31-6)27-25-26-18-10-7-9-17(24(18)28(25)3)22-19(29-4)11-8-12-20(22)30-5/h7-14H,1-6H3,(H,26,27). The minimum atomic E-state index is 0.724. The van der Waals surface area contributed by atoms with Crippen LogP contribution in [0, 0.1) is 13.8 Å². The van der Waals surface area contributed by atoms with Crippen LogP contribution in [0.4, 0.5) is 11.6 Å². The number of rotatable bonds is 6. The van der Waals surface area contributed by atoms with Gasteiger partial charge in [-0.2, -0.15) is 0 Å². The van der Waals surface area contributed by atoms with Crippen LogP contribution in [0.5, 0.6) is 17.2 Å². The highest BCUT2D eigenvalue weighted by Crippen LogP contribution is 2.42. The molecular formula is C25H27N3O3. The van der Waals surface area contributed by atoms with Crippen molar-refractivity contribution in [3.63, 3.8) is 0 Å². The maximum absolute atomic E-state index is 5.65. The van der Waals surface area contributed by atoms with Crippen LogP contribution in [0.1, 0.15) is 11.1 Å². The first-order valence-electron chi connectivity index (χ1n) is 10.1. The maximum Gasteiger partial charge on any atom is 0.208 e. The number of benzene rings is 3. The number of methoxy groups -OCH3 is 3. The maximum atomic E-state index is 5.65. The zero-order valence-electron chi connectivity index (χ0n) is 18.7. The fourth-order valence-corrected chi connectivity index (χ4v) is 4.06. The van der Waals surface area contributed by atoms with Gasteiger partial charge in [-0.25, -0.2) is 4.98 Å². The summed E-state index contributed by atoms with van der Waals surface area (Å²) in [6, 6.07) is 16.0. The molecule has 6 nitrogen and oxygen atoms in total. The molecule has 6 heteroatoms. The summed E-state index contributed by atoms with van der Waals surface area (Å²) in [5.74, 6) is 3.01. The molecule has 4 aromatic rings. The van der Waals surface area contributed by atoms with Crippen molar-refractivity contribution >= 4 is 22.7 Å². The van der Waals surface area contributed by atoms with Gasteiger partial charge in [-0.1, -0.05) is 24.3 Å². The second-order valence-electron chi connectivity index (χ2n) is 7.49. The van der Waals surface area contributed by atoms with Gasteiger partial charge in [0.2, 0.25) is 5.95 Å². The van der Waals surface area contributed by atoms with Crippen LogP contribution in [-0.4, -0.2) is 30.9 Å². The lowest BCUT2D eigenvalue weighted by molar-refractivity contribution is 0.397. The molecule has 1 N–H and O–H groups in total.